The molecule has 0 fully saturated rings. The van der Waals surface area contributed by atoms with Gasteiger partial charge in [-0.15, -0.1) is 11.3 Å². The lowest BCUT2D eigenvalue weighted by Gasteiger charge is -2.25. The molecule has 1 aliphatic heterocycles. The van der Waals surface area contributed by atoms with Crippen LogP contribution in [0.1, 0.15) is 11.3 Å². The summed E-state index contributed by atoms with van der Waals surface area (Å²) in [5.41, 5.74) is 0. The van der Waals surface area contributed by atoms with E-state index in [0.29, 0.717) is 24.5 Å². The largest absolute Gasteiger partial charge is 0.485 e. The van der Waals surface area contributed by atoms with E-state index >= 15 is 0 Å². The van der Waals surface area contributed by atoms with E-state index in [0.717, 1.165) is 6.42 Å². The summed E-state index contributed by atoms with van der Waals surface area (Å²) in [6, 6.07) is 11.5. The Labute approximate surface area is 115 Å². The Morgan fingerprint density at radius 2 is 2.05 bits per heavy atom. The summed E-state index contributed by atoms with van der Waals surface area (Å²) in [5, 5.41) is 2.02. The van der Waals surface area contributed by atoms with Crippen LogP contribution < -0.4 is 9.47 Å². The second-order valence-electron chi connectivity index (χ2n) is 4.41. The number of hydrogen-bond acceptors (Lipinski definition) is 4. The van der Waals surface area contributed by atoms with E-state index in [4.69, 9.17) is 9.47 Å². The zero-order valence-corrected chi connectivity index (χ0v) is 11.2. The molecule has 0 radical (unpaired) electrons. The molecule has 1 aliphatic rings. The number of aryl methyl sites for hydroxylation is 1. The van der Waals surface area contributed by atoms with Crippen LogP contribution in [0.25, 0.3) is 0 Å². The summed E-state index contributed by atoms with van der Waals surface area (Å²) in [4.78, 5) is 13.3. The fourth-order valence-electron chi connectivity index (χ4n) is 2.04. The number of ether oxygens (including phenoxy) is 2. The van der Waals surface area contributed by atoms with Crippen LogP contribution in [-0.2, 0) is 11.2 Å². The van der Waals surface area contributed by atoms with Crippen molar-refractivity contribution in [1.82, 2.24) is 0 Å². The van der Waals surface area contributed by atoms with Crippen molar-refractivity contribution in [1.29, 1.82) is 0 Å². The van der Waals surface area contributed by atoms with Gasteiger partial charge in [-0.05, 0) is 30.0 Å². The fourth-order valence-corrected chi connectivity index (χ4v) is 2.75. The van der Waals surface area contributed by atoms with Gasteiger partial charge in [0.15, 0.2) is 23.4 Å². The Balaban J connectivity index is 1.60. The van der Waals surface area contributed by atoms with Crippen LogP contribution in [-0.4, -0.2) is 18.5 Å². The van der Waals surface area contributed by atoms with Gasteiger partial charge in [0.2, 0.25) is 0 Å². The van der Waals surface area contributed by atoms with Crippen LogP contribution in [0.4, 0.5) is 0 Å². The number of carbonyl (C=O) groups excluding carboxylic acids is 1. The van der Waals surface area contributed by atoms with Crippen LogP contribution >= 0.6 is 11.3 Å². The van der Waals surface area contributed by atoms with E-state index in [1.165, 1.54) is 4.88 Å². The van der Waals surface area contributed by atoms with Gasteiger partial charge < -0.3 is 9.47 Å². The quantitative estimate of drug-likeness (QED) is 0.859. The number of carbonyl (C=O) groups is 1. The second kappa shape index (κ2) is 5.45. The molecule has 3 rings (SSSR count). The molecule has 1 aromatic heterocycles. The molecule has 1 aromatic carbocycles. The SMILES string of the molecule is O=C(CCc1cccs1)C1COc2ccccc2O1. The average Bonchev–Trinajstić information content (AvgIpc) is 2.97. The first-order chi connectivity index (χ1) is 9.33. The number of fused-ring (bicyclic) bond motifs is 1. The number of benzene rings is 1. The third-order valence-electron chi connectivity index (χ3n) is 3.07. The minimum atomic E-state index is -0.477. The summed E-state index contributed by atoms with van der Waals surface area (Å²) in [5.74, 6) is 1.47. The molecule has 1 unspecified atom stereocenters. The number of ketones is 1. The topological polar surface area (TPSA) is 35.5 Å². The molecule has 98 valence electrons. The van der Waals surface area contributed by atoms with Crippen molar-refractivity contribution in [3.63, 3.8) is 0 Å². The Bertz CT molecular complexity index is 563. The van der Waals surface area contributed by atoms with Crippen molar-refractivity contribution < 1.29 is 14.3 Å². The second-order valence-corrected chi connectivity index (χ2v) is 5.44. The number of thiophene rings is 1. The van der Waals surface area contributed by atoms with E-state index in [1.807, 2.05) is 41.8 Å². The van der Waals surface area contributed by atoms with Gasteiger partial charge in [-0.2, -0.15) is 0 Å². The van der Waals surface area contributed by atoms with Crippen molar-refractivity contribution in [2.45, 2.75) is 18.9 Å². The van der Waals surface area contributed by atoms with Crippen LogP contribution in [0.2, 0.25) is 0 Å². The molecule has 3 nitrogen and oxygen atoms in total. The van der Waals surface area contributed by atoms with Crippen LogP contribution in [0.15, 0.2) is 41.8 Å². The van der Waals surface area contributed by atoms with Crippen molar-refractivity contribution >= 4 is 17.1 Å². The average molecular weight is 274 g/mol. The molecule has 19 heavy (non-hydrogen) atoms. The Morgan fingerprint density at radius 3 is 2.84 bits per heavy atom. The minimum absolute atomic E-state index is 0.0999. The van der Waals surface area contributed by atoms with E-state index in [9.17, 15) is 4.79 Å². The highest BCUT2D eigenvalue weighted by Gasteiger charge is 2.26. The third-order valence-corrected chi connectivity index (χ3v) is 4.00. The summed E-state index contributed by atoms with van der Waals surface area (Å²) < 4.78 is 11.2. The Hall–Kier alpha value is -1.81. The summed E-state index contributed by atoms with van der Waals surface area (Å²) in [6.45, 7) is 0.306. The highest BCUT2D eigenvalue weighted by molar-refractivity contribution is 7.09. The van der Waals surface area contributed by atoms with Crippen molar-refractivity contribution in [3.8, 4) is 11.5 Å². The predicted molar refractivity (Wildman–Crippen MR) is 74.0 cm³/mol. The summed E-state index contributed by atoms with van der Waals surface area (Å²) in [7, 11) is 0. The van der Waals surface area contributed by atoms with E-state index in [-0.39, 0.29) is 5.78 Å². The molecule has 2 heterocycles. The lowest BCUT2D eigenvalue weighted by molar-refractivity contribution is -0.128. The molecule has 0 N–H and O–H groups in total. The lowest BCUT2D eigenvalue weighted by Crippen LogP contribution is -2.36. The highest BCUT2D eigenvalue weighted by Crippen LogP contribution is 2.31. The molecule has 0 spiro atoms. The van der Waals surface area contributed by atoms with Gasteiger partial charge in [-0.1, -0.05) is 18.2 Å². The highest BCUT2D eigenvalue weighted by atomic mass is 32.1. The van der Waals surface area contributed by atoms with Gasteiger partial charge in [-0.3, -0.25) is 4.79 Å². The van der Waals surface area contributed by atoms with Crippen molar-refractivity contribution in [2.24, 2.45) is 0 Å². The van der Waals surface area contributed by atoms with Gasteiger partial charge >= 0.3 is 0 Å². The maximum Gasteiger partial charge on any atom is 0.190 e. The fraction of sp³-hybridized carbons (Fsp3) is 0.267. The molecule has 0 aliphatic carbocycles. The van der Waals surface area contributed by atoms with E-state index in [2.05, 4.69) is 0 Å². The number of para-hydroxylation sites is 2. The standard InChI is InChI=1S/C15H14O3S/c16-12(8-7-11-4-3-9-19-11)15-10-17-13-5-1-2-6-14(13)18-15/h1-6,9,15H,7-8,10H2. The molecular weight excluding hydrogens is 260 g/mol. The van der Waals surface area contributed by atoms with Gasteiger partial charge in [0, 0.05) is 11.3 Å². The molecule has 0 amide bonds. The number of rotatable bonds is 4. The van der Waals surface area contributed by atoms with Crippen LogP contribution in [0, 0.1) is 0 Å². The number of hydrogen-bond donors (Lipinski definition) is 0. The monoisotopic (exact) mass is 274 g/mol. The van der Waals surface area contributed by atoms with Crippen LogP contribution in [0.5, 0.6) is 11.5 Å². The van der Waals surface area contributed by atoms with Crippen molar-refractivity contribution in [3.05, 3.63) is 46.7 Å². The predicted octanol–water partition coefficient (Wildman–Crippen LogP) is 3.09. The maximum atomic E-state index is 12.1. The zero-order chi connectivity index (χ0) is 13.1. The molecule has 4 heteroatoms. The Kier molecular flexibility index (Phi) is 3.51. The normalized spacial score (nSPS) is 17.2. The lowest BCUT2D eigenvalue weighted by atomic mass is 10.1. The third kappa shape index (κ3) is 2.79. The van der Waals surface area contributed by atoms with Gasteiger partial charge in [0.05, 0.1) is 0 Å². The molecular formula is C15H14O3S. The van der Waals surface area contributed by atoms with Crippen molar-refractivity contribution in [2.75, 3.05) is 6.61 Å². The smallest absolute Gasteiger partial charge is 0.190 e. The van der Waals surface area contributed by atoms with Gasteiger partial charge in [0.1, 0.15) is 6.61 Å². The molecule has 0 saturated heterocycles. The molecule has 1 atom stereocenters. The van der Waals surface area contributed by atoms with Gasteiger partial charge in [-0.25, -0.2) is 0 Å². The summed E-state index contributed by atoms with van der Waals surface area (Å²) in [6.07, 6.45) is 0.796. The minimum Gasteiger partial charge on any atom is -0.485 e. The first kappa shape index (κ1) is 12.2. The first-order valence-corrected chi connectivity index (χ1v) is 7.14. The number of Topliss-reactive ketones (excluding diaryl/α,β-unsaturated/α-hetero) is 1. The molecule has 0 saturated carbocycles. The van der Waals surface area contributed by atoms with E-state index in [1.54, 1.807) is 11.3 Å². The zero-order valence-electron chi connectivity index (χ0n) is 10.4. The van der Waals surface area contributed by atoms with Crippen LogP contribution in [0.3, 0.4) is 0 Å². The van der Waals surface area contributed by atoms with Gasteiger partial charge in [0.25, 0.3) is 0 Å². The summed E-state index contributed by atoms with van der Waals surface area (Å²) >= 11 is 1.68. The molecule has 2 aromatic rings. The molecule has 0 bridgehead atoms. The first-order valence-electron chi connectivity index (χ1n) is 6.26. The Morgan fingerprint density at radius 1 is 1.21 bits per heavy atom. The van der Waals surface area contributed by atoms with E-state index < -0.39 is 6.10 Å². The maximum absolute atomic E-state index is 12.1.